The number of carbonyl (C=O) groups is 1. The molecule has 0 radical (unpaired) electrons. The van der Waals surface area contributed by atoms with E-state index in [1.165, 1.54) is 38.3 Å². The largest absolute Gasteiger partial charge is 0.496 e. The monoisotopic (exact) mass is 686 g/mol. The molecule has 1 aromatic rings. The number of guanidine groups is 1. The summed E-state index contributed by atoms with van der Waals surface area (Å²) in [5.41, 5.74) is 0.666. The first-order valence-corrected chi connectivity index (χ1v) is 14.9. The number of rotatable bonds is 9. The number of cyclic esters (lactones) is 1. The molecule has 15 heteroatoms. The van der Waals surface area contributed by atoms with E-state index < -0.39 is 60.7 Å². The zero-order valence-corrected chi connectivity index (χ0v) is 26.5. The number of halogens is 8. The molecule has 1 saturated carbocycles. The number of hydrogen-bond acceptors (Lipinski definition) is 4. The summed E-state index contributed by atoms with van der Waals surface area (Å²) in [4.78, 5) is 23.5. The number of methoxy groups -OCH3 is 1. The van der Waals surface area contributed by atoms with Crippen LogP contribution in [0.5, 0.6) is 5.75 Å². The Hall–Kier alpha value is -4.39. The van der Waals surface area contributed by atoms with Gasteiger partial charge in [0.1, 0.15) is 11.9 Å². The molecule has 3 fully saturated rings. The number of amides is 1. The van der Waals surface area contributed by atoms with Crippen molar-refractivity contribution in [2.75, 3.05) is 26.7 Å². The molecule has 1 aliphatic carbocycles. The van der Waals surface area contributed by atoms with Gasteiger partial charge in [0, 0.05) is 18.0 Å². The van der Waals surface area contributed by atoms with E-state index in [2.05, 4.69) is 9.98 Å². The number of ether oxygens (including phenoxy) is 2. The van der Waals surface area contributed by atoms with Gasteiger partial charge in [0.2, 0.25) is 5.96 Å². The van der Waals surface area contributed by atoms with Crippen LogP contribution in [0.3, 0.4) is 0 Å². The smallest absolute Gasteiger partial charge is 0.423 e. The van der Waals surface area contributed by atoms with Gasteiger partial charge in [-0.25, -0.2) is 23.6 Å². The van der Waals surface area contributed by atoms with Crippen LogP contribution in [0.15, 0.2) is 75.1 Å². The second-order valence-corrected chi connectivity index (χ2v) is 11.6. The van der Waals surface area contributed by atoms with Gasteiger partial charge < -0.3 is 14.4 Å². The normalized spacial score (nSPS) is 22.2. The number of carbonyl (C=O) groups excluding carboxylic acids is 1. The summed E-state index contributed by atoms with van der Waals surface area (Å²) in [7, 11) is 1.53. The first kappa shape index (κ1) is 36.4. The summed E-state index contributed by atoms with van der Waals surface area (Å²) in [6.07, 6.45) is -4.09. The molecule has 2 aliphatic heterocycles. The zero-order chi connectivity index (χ0) is 35.4. The topological polar surface area (TPSA) is 66.7 Å². The third kappa shape index (κ3) is 9.15. The molecule has 0 N–H and O–H groups in total. The van der Waals surface area contributed by atoms with Crippen molar-refractivity contribution < 1.29 is 49.4 Å². The van der Waals surface area contributed by atoms with Gasteiger partial charge >= 0.3 is 18.4 Å². The average molecular weight is 687 g/mol. The minimum absolute atomic E-state index is 0.0477. The second kappa shape index (κ2) is 14.4. The summed E-state index contributed by atoms with van der Waals surface area (Å²) >= 11 is 0. The summed E-state index contributed by atoms with van der Waals surface area (Å²) in [5.74, 6) is -1.88. The fraction of sp³-hybridized carbons (Fsp3) is 0.455. The standard InChI is InChI=1S/C33H34F8N4O3/c1-5-25(32(36,37)38)9-10-26(33(39,40)41)16-20(2)28-21(3)45(30(46)48-28)15-14-43-29(44-18-31(34,35)19-44)42-13-12-24-17-23(22-6-7-22)8-11-27(24)47-4/h5,8-9,11-14,16-17,21-22,28H,6-7,15,18-19H2,1-4H3/b13-12+,20-16+,25-5+,42-29-,43-14+. The molecule has 2 saturated heterocycles. The van der Waals surface area contributed by atoms with Crippen molar-refractivity contribution in [1.82, 2.24) is 9.80 Å². The average Bonchev–Trinajstić information content (AvgIpc) is 3.79. The van der Waals surface area contributed by atoms with Crippen molar-refractivity contribution >= 4 is 24.3 Å². The van der Waals surface area contributed by atoms with Gasteiger partial charge in [-0.1, -0.05) is 12.1 Å². The zero-order valence-electron chi connectivity index (χ0n) is 26.5. The van der Waals surface area contributed by atoms with Crippen LogP contribution in [0.1, 0.15) is 50.7 Å². The van der Waals surface area contributed by atoms with Gasteiger partial charge in [-0.2, -0.15) is 26.3 Å². The first-order chi connectivity index (χ1) is 22.4. The van der Waals surface area contributed by atoms with Crippen LogP contribution in [0, 0.1) is 0 Å². The Labute approximate surface area is 272 Å². The summed E-state index contributed by atoms with van der Waals surface area (Å²) < 4.78 is 118. The number of alkyl halides is 8. The highest BCUT2D eigenvalue weighted by atomic mass is 19.4. The molecule has 2 atom stereocenters. The number of nitrogens with zero attached hydrogens (tertiary/aromatic N) is 4. The number of likely N-dealkylation sites (tertiary alicyclic amines) is 1. The van der Waals surface area contributed by atoms with Crippen molar-refractivity contribution in [2.24, 2.45) is 9.98 Å². The Bertz CT molecular complexity index is 1590. The minimum atomic E-state index is -5.05. The molecule has 2 unspecified atom stereocenters. The van der Waals surface area contributed by atoms with E-state index in [9.17, 15) is 39.9 Å². The molecule has 48 heavy (non-hydrogen) atoms. The van der Waals surface area contributed by atoms with Crippen LogP contribution in [-0.4, -0.2) is 85.2 Å². The third-order valence-corrected chi connectivity index (χ3v) is 7.90. The minimum Gasteiger partial charge on any atom is -0.496 e. The van der Waals surface area contributed by atoms with Crippen LogP contribution in [0.4, 0.5) is 39.9 Å². The van der Waals surface area contributed by atoms with Crippen LogP contribution < -0.4 is 4.74 Å². The summed E-state index contributed by atoms with van der Waals surface area (Å²) in [6.45, 7) is 2.35. The summed E-state index contributed by atoms with van der Waals surface area (Å²) in [6, 6.07) is 4.99. The van der Waals surface area contributed by atoms with E-state index in [4.69, 9.17) is 9.47 Å². The number of benzene rings is 1. The van der Waals surface area contributed by atoms with Crippen molar-refractivity contribution in [3.8, 4) is 5.75 Å². The molecule has 2 heterocycles. The second-order valence-electron chi connectivity index (χ2n) is 11.6. The van der Waals surface area contributed by atoms with Crippen molar-refractivity contribution in [3.05, 3.63) is 76.2 Å². The number of aliphatic imine (C=N–C) groups is 2. The van der Waals surface area contributed by atoms with Gasteiger partial charge in [-0.3, -0.25) is 4.90 Å². The van der Waals surface area contributed by atoms with E-state index in [-0.39, 0.29) is 24.2 Å². The molecule has 7 nitrogen and oxygen atoms in total. The van der Waals surface area contributed by atoms with Gasteiger partial charge in [0.15, 0.2) is 0 Å². The lowest BCUT2D eigenvalue weighted by Gasteiger charge is -2.39. The highest BCUT2D eigenvalue weighted by Crippen LogP contribution is 2.41. The van der Waals surface area contributed by atoms with E-state index in [0.717, 1.165) is 35.8 Å². The van der Waals surface area contributed by atoms with Crippen molar-refractivity contribution in [3.63, 3.8) is 0 Å². The maximum atomic E-state index is 13.7. The Balaban J connectivity index is 1.51. The molecule has 1 aromatic carbocycles. The lowest BCUT2D eigenvalue weighted by atomic mass is 10.0. The lowest BCUT2D eigenvalue weighted by molar-refractivity contribution is -0.101. The van der Waals surface area contributed by atoms with Crippen LogP contribution in [0.2, 0.25) is 0 Å². The molecular formula is C33H34F8N4O3. The van der Waals surface area contributed by atoms with Gasteiger partial charge in [-0.05, 0) is 81.0 Å². The third-order valence-electron chi connectivity index (χ3n) is 7.90. The Morgan fingerprint density at radius 2 is 1.83 bits per heavy atom. The quantitative estimate of drug-likeness (QED) is 0.0864. The Morgan fingerprint density at radius 1 is 1.15 bits per heavy atom. The fourth-order valence-corrected chi connectivity index (χ4v) is 5.12. The van der Waals surface area contributed by atoms with Crippen LogP contribution in [0.25, 0.3) is 6.08 Å². The SMILES string of the molecule is C/C=C(\C=C=C(/C=C(\C)C1OC(=O)N(C/C=N/C(=N/C=C/c2cc(C3CC3)ccc2OC)N2CC(F)(F)C2)C1C)C(F)(F)F)C(F)(F)F. The maximum absolute atomic E-state index is 13.7. The predicted octanol–water partition coefficient (Wildman–Crippen LogP) is 8.23. The van der Waals surface area contributed by atoms with E-state index in [0.29, 0.717) is 23.8 Å². The lowest BCUT2D eigenvalue weighted by Crippen LogP contribution is -2.58. The molecular weight excluding hydrogens is 652 g/mol. The van der Waals surface area contributed by atoms with Gasteiger partial charge in [0.05, 0.1) is 43.9 Å². The highest BCUT2D eigenvalue weighted by Gasteiger charge is 2.45. The summed E-state index contributed by atoms with van der Waals surface area (Å²) in [5, 5.41) is 0. The van der Waals surface area contributed by atoms with Gasteiger partial charge in [-0.15, -0.1) is 5.73 Å². The molecule has 260 valence electrons. The molecule has 4 rings (SSSR count). The van der Waals surface area contributed by atoms with Crippen molar-refractivity contribution in [1.29, 1.82) is 0 Å². The van der Waals surface area contributed by atoms with Gasteiger partial charge in [0.25, 0.3) is 5.92 Å². The fourth-order valence-electron chi connectivity index (χ4n) is 5.12. The molecule has 3 aliphatic rings. The number of hydrogen-bond donors (Lipinski definition) is 0. The first-order valence-electron chi connectivity index (χ1n) is 14.9. The predicted molar refractivity (Wildman–Crippen MR) is 164 cm³/mol. The van der Waals surface area contributed by atoms with Crippen LogP contribution >= 0.6 is 0 Å². The molecule has 1 amide bonds. The molecule has 0 spiro atoms. The molecule has 0 bridgehead atoms. The van der Waals surface area contributed by atoms with Crippen molar-refractivity contribution in [2.45, 2.75) is 70.0 Å². The Morgan fingerprint density at radius 3 is 2.40 bits per heavy atom. The maximum Gasteiger partial charge on any atom is 0.423 e. The number of allylic oxidation sites excluding steroid dienone is 4. The molecule has 0 aromatic heterocycles. The Kier molecular flexibility index (Phi) is 10.9. The van der Waals surface area contributed by atoms with Crippen LogP contribution in [-0.2, 0) is 4.74 Å². The van der Waals surface area contributed by atoms with E-state index in [1.807, 2.05) is 18.2 Å². The highest BCUT2D eigenvalue weighted by molar-refractivity contribution is 5.90. The van der Waals surface area contributed by atoms with E-state index >= 15 is 0 Å². The van der Waals surface area contributed by atoms with E-state index in [1.54, 1.807) is 11.8 Å².